The second-order valence-electron chi connectivity index (χ2n) is 3.81. The van der Waals surface area contributed by atoms with Gasteiger partial charge in [-0.25, -0.2) is 0 Å². The highest BCUT2D eigenvalue weighted by Gasteiger charge is 1.97. The fourth-order valence-corrected chi connectivity index (χ4v) is 0.418. The van der Waals surface area contributed by atoms with Gasteiger partial charge in [-0.05, 0) is 34.1 Å². The minimum Gasteiger partial charge on any atom is -0.393 e. The normalized spacial score (nSPS) is 13.4. The number of hydrogen-bond acceptors (Lipinski definition) is 2. The monoisotopic (exact) mass is 162 g/mol. The third-order valence-corrected chi connectivity index (χ3v) is 0.706. The van der Waals surface area contributed by atoms with E-state index in [9.17, 15) is 0 Å². The highest BCUT2D eigenvalue weighted by molar-refractivity contribution is 4.50. The third-order valence-electron chi connectivity index (χ3n) is 0.706. The predicted octanol–water partition coefficient (Wildman–Crippen LogP) is 1.94. The lowest BCUT2D eigenvalue weighted by Gasteiger charge is -2.04. The van der Waals surface area contributed by atoms with Crippen molar-refractivity contribution >= 4 is 0 Å². The lowest BCUT2D eigenvalue weighted by Crippen LogP contribution is -2.10. The van der Waals surface area contributed by atoms with E-state index in [1.807, 2.05) is 6.92 Å². The molecule has 0 aliphatic rings. The van der Waals surface area contributed by atoms with Gasteiger partial charge in [-0.1, -0.05) is 13.3 Å². The van der Waals surface area contributed by atoms with Gasteiger partial charge in [0.05, 0.1) is 11.7 Å². The van der Waals surface area contributed by atoms with Crippen LogP contribution in [0, 0.1) is 0 Å². The summed E-state index contributed by atoms with van der Waals surface area (Å²) in [6.07, 6.45) is 1.91. The first-order valence-electron chi connectivity index (χ1n) is 4.17. The Kier molecular flexibility index (Phi) is 8.13. The number of aliphatic hydroxyl groups excluding tert-OH is 1. The first kappa shape index (κ1) is 13.5. The second-order valence-corrected chi connectivity index (χ2v) is 3.81. The Morgan fingerprint density at radius 3 is 1.55 bits per heavy atom. The van der Waals surface area contributed by atoms with Crippen LogP contribution in [0.25, 0.3) is 0 Å². The zero-order valence-electron chi connectivity index (χ0n) is 8.39. The smallest absolute Gasteiger partial charge is 0.0563 e. The lowest BCUT2D eigenvalue weighted by atomic mass is 10.2. The van der Waals surface area contributed by atoms with Crippen LogP contribution in [0.3, 0.4) is 0 Å². The molecular weight excluding hydrogens is 140 g/mol. The topological polar surface area (TPSA) is 40.5 Å². The van der Waals surface area contributed by atoms with Crippen molar-refractivity contribution < 1.29 is 10.2 Å². The summed E-state index contributed by atoms with van der Waals surface area (Å²) in [5.74, 6) is 0. The molecule has 2 N–H and O–H groups in total. The van der Waals surface area contributed by atoms with Crippen molar-refractivity contribution in [2.45, 2.75) is 59.2 Å². The molecule has 11 heavy (non-hydrogen) atoms. The third kappa shape index (κ3) is 73.0. The molecule has 0 bridgehead atoms. The van der Waals surface area contributed by atoms with Crippen molar-refractivity contribution in [2.24, 2.45) is 0 Å². The molecule has 0 heterocycles. The molecule has 0 aromatic heterocycles. The van der Waals surface area contributed by atoms with Crippen LogP contribution >= 0.6 is 0 Å². The Balaban J connectivity index is 0. The van der Waals surface area contributed by atoms with E-state index < -0.39 is 5.60 Å². The van der Waals surface area contributed by atoms with Gasteiger partial charge >= 0.3 is 0 Å². The van der Waals surface area contributed by atoms with Crippen molar-refractivity contribution in [2.75, 3.05) is 0 Å². The summed E-state index contributed by atoms with van der Waals surface area (Å²) < 4.78 is 0. The van der Waals surface area contributed by atoms with Gasteiger partial charge in [0.2, 0.25) is 0 Å². The average Bonchev–Trinajstić information content (AvgIpc) is 1.58. The summed E-state index contributed by atoms with van der Waals surface area (Å²) in [6, 6.07) is 0. The SMILES string of the molecule is CC(C)(C)O.CCCC(C)O. The molecule has 0 saturated carbocycles. The van der Waals surface area contributed by atoms with Crippen molar-refractivity contribution in [1.29, 1.82) is 0 Å². The molecule has 0 amide bonds. The average molecular weight is 162 g/mol. The quantitative estimate of drug-likeness (QED) is 0.651. The fourth-order valence-electron chi connectivity index (χ4n) is 0.418. The zero-order valence-corrected chi connectivity index (χ0v) is 8.39. The van der Waals surface area contributed by atoms with Crippen LogP contribution in [-0.2, 0) is 0 Å². The van der Waals surface area contributed by atoms with Crippen LogP contribution in [0.2, 0.25) is 0 Å². The molecule has 0 aromatic carbocycles. The van der Waals surface area contributed by atoms with Crippen LogP contribution in [-0.4, -0.2) is 21.9 Å². The Morgan fingerprint density at radius 1 is 1.27 bits per heavy atom. The molecule has 1 unspecified atom stereocenters. The van der Waals surface area contributed by atoms with Crippen LogP contribution in [0.15, 0.2) is 0 Å². The molecule has 0 fully saturated rings. The Hall–Kier alpha value is -0.0800. The molecule has 70 valence electrons. The predicted molar refractivity (Wildman–Crippen MR) is 48.6 cm³/mol. The fraction of sp³-hybridized carbons (Fsp3) is 1.00. The molecule has 0 rings (SSSR count). The molecule has 1 atom stereocenters. The minimum atomic E-state index is -0.500. The standard InChI is InChI=1S/C5H12O.C4H10O/c1-3-4-5(2)6;1-4(2,3)5/h5-6H,3-4H2,1-2H3;5H,1-3H3. The number of hydrogen-bond donors (Lipinski definition) is 2. The highest BCUT2D eigenvalue weighted by Crippen LogP contribution is 1.93. The van der Waals surface area contributed by atoms with Crippen molar-refractivity contribution in [3.05, 3.63) is 0 Å². The van der Waals surface area contributed by atoms with Crippen LogP contribution in [0.1, 0.15) is 47.5 Å². The number of rotatable bonds is 2. The molecule has 0 aromatic rings. The van der Waals surface area contributed by atoms with E-state index in [-0.39, 0.29) is 6.10 Å². The number of aliphatic hydroxyl groups is 2. The van der Waals surface area contributed by atoms with Crippen molar-refractivity contribution in [3.8, 4) is 0 Å². The van der Waals surface area contributed by atoms with E-state index in [4.69, 9.17) is 10.2 Å². The largest absolute Gasteiger partial charge is 0.393 e. The Bertz CT molecular complexity index is 66.1. The van der Waals surface area contributed by atoms with Crippen molar-refractivity contribution in [1.82, 2.24) is 0 Å². The van der Waals surface area contributed by atoms with Crippen LogP contribution in [0.5, 0.6) is 0 Å². The van der Waals surface area contributed by atoms with Gasteiger partial charge in [0, 0.05) is 0 Å². The summed E-state index contributed by atoms with van der Waals surface area (Å²) in [6.45, 7) is 9.10. The molecular formula is C9H22O2. The van der Waals surface area contributed by atoms with Gasteiger partial charge in [-0.3, -0.25) is 0 Å². The lowest BCUT2D eigenvalue weighted by molar-refractivity contribution is 0.102. The van der Waals surface area contributed by atoms with Gasteiger partial charge in [0.15, 0.2) is 0 Å². The summed E-state index contributed by atoms with van der Waals surface area (Å²) in [5.41, 5.74) is -0.500. The first-order valence-corrected chi connectivity index (χ1v) is 4.17. The van der Waals surface area contributed by atoms with E-state index in [1.165, 1.54) is 0 Å². The molecule has 2 nitrogen and oxygen atoms in total. The maximum Gasteiger partial charge on any atom is 0.0563 e. The highest BCUT2D eigenvalue weighted by atomic mass is 16.3. The summed E-state index contributed by atoms with van der Waals surface area (Å²) in [4.78, 5) is 0. The summed E-state index contributed by atoms with van der Waals surface area (Å²) in [7, 11) is 0. The minimum absolute atomic E-state index is 0.102. The molecule has 0 radical (unpaired) electrons. The van der Waals surface area contributed by atoms with Crippen LogP contribution < -0.4 is 0 Å². The summed E-state index contributed by atoms with van der Waals surface area (Å²) >= 11 is 0. The van der Waals surface area contributed by atoms with Gasteiger partial charge < -0.3 is 10.2 Å². The molecule has 0 spiro atoms. The van der Waals surface area contributed by atoms with Crippen LogP contribution in [0.4, 0.5) is 0 Å². The zero-order chi connectivity index (χ0) is 9.49. The van der Waals surface area contributed by atoms with E-state index in [2.05, 4.69) is 6.92 Å². The van der Waals surface area contributed by atoms with E-state index in [1.54, 1.807) is 20.8 Å². The maximum atomic E-state index is 8.55. The Labute approximate surface area is 70.3 Å². The Morgan fingerprint density at radius 2 is 1.55 bits per heavy atom. The van der Waals surface area contributed by atoms with Gasteiger partial charge in [0.25, 0.3) is 0 Å². The van der Waals surface area contributed by atoms with Crippen molar-refractivity contribution in [3.63, 3.8) is 0 Å². The molecule has 2 heteroatoms. The van der Waals surface area contributed by atoms with E-state index in [0.717, 1.165) is 12.8 Å². The van der Waals surface area contributed by atoms with Gasteiger partial charge in [-0.15, -0.1) is 0 Å². The van der Waals surface area contributed by atoms with Gasteiger partial charge in [0.1, 0.15) is 0 Å². The molecule has 0 aliphatic carbocycles. The van der Waals surface area contributed by atoms with Gasteiger partial charge in [-0.2, -0.15) is 0 Å². The molecule has 0 aliphatic heterocycles. The maximum absolute atomic E-state index is 8.55. The second kappa shape index (κ2) is 6.62. The van der Waals surface area contributed by atoms with E-state index >= 15 is 0 Å². The molecule has 0 saturated heterocycles. The van der Waals surface area contributed by atoms with E-state index in [0.29, 0.717) is 0 Å². The summed E-state index contributed by atoms with van der Waals surface area (Å²) in [5, 5.41) is 17.1. The first-order chi connectivity index (χ1) is 4.77.